The van der Waals surface area contributed by atoms with E-state index in [1.807, 2.05) is 65.6 Å². The second-order valence-electron chi connectivity index (χ2n) is 8.11. The van der Waals surface area contributed by atoms with E-state index in [1.54, 1.807) is 18.9 Å². The van der Waals surface area contributed by atoms with Gasteiger partial charge in [0.25, 0.3) is 0 Å². The number of anilines is 1. The fourth-order valence-electron chi connectivity index (χ4n) is 4.28. The summed E-state index contributed by atoms with van der Waals surface area (Å²) in [6, 6.07) is 19.3. The summed E-state index contributed by atoms with van der Waals surface area (Å²) >= 11 is 13.9. The number of halogens is 2. The third kappa shape index (κ3) is 4.63. The van der Waals surface area contributed by atoms with Crippen LogP contribution in [-0.2, 0) is 4.79 Å². The molecule has 0 bridgehead atoms. The molecule has 0 radical (unpaired) electrons. The van der Waals surface area contributed by atoms with E-state index in [2.05, 4.69) is 5.32 Å². The number of pyridine rings is 1. The van der Waals surface area contributed by atoms with Crippen molar-refractivity contribution in [2.45, 2.75) is 11.8 Å². The van der Waals surface area contributed by atoms with Gasteiger partial charge in [0.15, 0.2) is 0 Å². The van der Waals surface area contributed by atoms with Crippen molar-refractivity contribution in [3.8, 4) is 5.75 Å². The van der Waals surface area contributed by atoms with Gasteiger partial charge in [0.05, 0.1) is 29.6 Å². The minimum absolute atomic E-state index is 0.0266. The number of ether oxygens (including phenoxy) is 1. The maximum absolute atomic E-state index is 12.6. The monoisotopic (exact) mass is 511 g/mol. The Balaban J connectivity index is 1.36. The van der Waals surface area contributed by atoms with Crippen molar-refractivity contribution in [2.24, 2.45) is 0 Å². The SMILES string of the molecule is COc1ccc2nc3cc(Cl)ccc3c(NCCCN3C(=O)CSC3c3ccc(Cl)cc3)c2c1. The van der Waals surface area contributed by atoms with Crippen LogP contribution >= 0.6 is 35.0 Å². The Kier molecular flexibility index (Phi) is 6.73. The molecule has 174 valence electrons. The molecule has 0 aliphatic carbocycles. The number of benzene rings is 3. The van der Waals surface area contributed by atoms with Crippen LogP contribution in [0, 0.1) is 0 Å². The molecule has 0 spiro atoms. The molecule has 8 heteroatoms. The van der Waals surface area contributed by atoms with Gasteiger partial charge >= 0.3 is 0 Å². The first-order chi connectivity index (χ1) is 16.5. The zero-order valence-corrected chi connectivity index (χ0v) is 20.9. The average molecular weight is 512 g/mol. The van der Waals surface area contributed by atoms with Crippen molar-refractivity contribution in [1.29, 1.82) is 0 Å². The van der Waals surface area contributed by atoms with Crippen LogP contribution in [0.4, 0.5) is 5.69 Å². The number of amides is 1. The Hall–Kier alpha value is -2.67. The lowest BCUT2D eigenvalue weighted by Gasteiger charge is -2.24. The molecule has 2 heterocycles. The molecule has 1 atom stereocenters. The zero-order valence-electron chi connectivity index (χ0n) is 18.6. The molecule has 1 aliphatic rings. The highest BCUT2D eigenvalue weighted by Crippen LogP contribution is 2.39. The topological polar surface area (TPSA) is 54.5 Å². The van der Waals surface area contributed by atoms with Gasteiger partial charge in [-0.05, 0) is 60.5 Å². The largest absolute Gasteiger partial charge is 0.497 e. The van der Waals surface area contributed by atoms with Crippen molar-refractivity contribution in [3.05, 3.63) is 76.3 Å². The first kappa shape index (κ1) is 23.1. The van der Waals surface area contributed by atoms with Crippen LogP contribution in [0.1, 0.15) is 17.4 Å². The molecular weight excluding hydrogens is 489 g/mol. The molecule has 1 amide bonds. The first-order valence-electron chi connectivity index (χ1n) is 11.0. The van der Waals surface area contributed by atoms with E-state index < -0.39 is 0 Å². The summed E-state index contributed by atoms with van der Waals surface area (Å²) < 4.78 is 5.44. The number of carbonyl (C=O) groups excluding carboxylic acids is 1. The highest BCUT2D eigenvalue weighted by atomic mass is 35.5. The van der Waals surface area contributed by atoms with E-state index in [1.165, 1.54) is 0 Å². The van der Waals surface area contributed by atoms with Gasteiger partial charge in [-0.1, -0.05) is 35.3 Å². The highest BCUT2D eigenvalue weighted by molar-refractivity contribution is 8.00. The Morgan fingerprint density at radius 1 is 1.03 bits per heavy atom. The number of fused-ring (bicyclic) bond motifs is 2. The quantitative estimate of drug-likeness (QED) is 0.219. The van der Waals surface area contributed by atoms with Crippen molar-refractivity contribution in [2.75, 3.05) is 31.3 Å². The van der Waals surface area contributed by atoms with Gasteiger partial charge < -0.3 is 15.0 Å². The van der Waals surface area contributed by atoms with Gasteiger partial charge in [-0.3, -0.25) is 4.79 Å². The lowest BCUT2D eigenvalue weighted by Crippen LogP contribution is -2.30. The third-order valence-corrected chi connectivity index (χ3v) is 7.69. The Bertz CT molecular complexity index is 1360. The van der Waals surface area contributed by atoms with Crippen molar-refractivity contribution >= 4 is 68.4 Å². The second kappa shape index (κ2) is 9.90. The Morgan fingerprint density at radius 2 is 1.82 bits per heavy atom. The second-order valence-corrected chi connectivity index (χ2v) is 10.1. The normalized spacial score (nSPS) is 15.9. The standard InChI is InChI=1S/C26H23Cl2N3O2S/c1-33-19-8-10-22-21(14-19)25(20-9-7-18(28)13-23(20)30-22)29-11-2-12-31-24(32)15-34-26(31)16-3-5-17(27)6-4-16/h3-10,13-14,26H,2,11-12,15H2,1H3,(H,29,30). The van der Waals surface area contributed by atoms with Gasteiger partial charge in [0, 0.05) is 33.9 Å². The molecule has 1 aliphatic heterocycles. The summed E-state index contributed by atoms with van der Waals surface area (Å²) in [7, 11) is 1.66. The summed E-state index contributed by atoms with van der Waals surface area (Å²) in [5.74, 6) is 1.45. The van der Waals surface area contributed by atoms with Gasteiger partial charge in [-0.15, -0.1) is 11.8 Å². The fraction of sp³-hybridized carbons (Fsp3) is 0.231. The minimum Gasteiger partial charge on any atom is -0.497 e. The van der Waals surface area contributed by atoms with Gasteiger partial charge in [-0.2, -0.15) is 0 Å². The van der Waals surface area contributed by atoms with Crippen molar-refractivity contribution in [1.82, 2.24) is 9.88 Å². The summed E-state index contributed by atoms with van der Waals surface area (Å²) in [6.07, 6.45) is 0.805. The molecule has 4 aromatic rings. The highest BCUT2D eigenvalue weighted by Gasteiger charge is 2.32. The number of hydrogen-bond donors (Lipinski definition) is 1. The summed E-state index contributed by atoms with van der Waals surface area (Å²) in [6.45, 7) is 1.37. The fourth-order valence-corrected chi connectivity index (χ4v) is 5.79. The number of nitrogens with zero attached hydrogens (tertiary/aromatic N) is 2. The smallest absolute Gasteiger partial charge is 0.233 e. The van der Waals surface area contributed by atoms with E-state index in [0.717, 1.165) is 45.2 Å². The van der Waals surface area contributed by atoms with E-state index in [4.69, 9.17) is 32.9 Å². The molecule has 1 fully saturated rings. The molecular formula is C26H23Cl2N3O2S. The zero-order chi connectivity index (χ0) is 23.7. The summed E-state index contributed by atoms with van der Waals surface area (Å²) in [5, 5.41) is 6.96. The predicted molar refractivity (Wildman–Crippen MR) is 142 cm³/mol. The number of carbonyl (C=O) groups is 1. The van der Waals surface area contributed by atoms with Gasteiger partial charge in [0.1, 0.15) is 11.1 Å². The van der Waals surface area contributed by atoms with Crippen molar-refractivity contribution in [3.63, 3.8) is 0 Å². The average Bonchev–Trinajstić information content (AvgIpc) is 3.21. The first-order valence-corrected chi connectivity index (χ1v) is 12.8. The van der Waals surface area contributed by atoms with Crippen LogP contribution in [0.5, 0.6) is 5.75 Å². The molecule has 1 unspecified atom stereocenters. The van der Waals surface area contributed by atoms with Crippen molar-refractivity contribution < 1.29 is 9.53 Å². The van der Waals surface area contributed by atoms with E-state index in [0.29, 0.717) is 28.9 Å². The number of nitrogens with one attached hydrogen (secondary N) is 1. The van der Waals surface area contributed by atoms with Crippen LogP contribution in [0.3, 0.4) is 0 Å². The summed E-state index contributed by atoms with van der Waals surface area (Å²) in [4.78, 5) is 19.3. The van der Waals surface area contributed by atoms with Crippen LogP contribution in [0.15, 0.2) is 60.7 Å². The maximum Gasteiger partial charge on any atom is 0.233 e. The van der Waals surface area contributed by atoms with Gasteiger partial charge in [-0.25, -0.2) is 4.98 Å². The Labute approximate surface area is 212 Å². The molecule has 5 rings (SSSR count). The van der Waals surface area contributed by atoms with Crippen LogP contribution in [0.2, 0.25) is 10.0 Å². The number of thioether (sulfide) groups is 1. The minimum atomic E-state index is 0.0266. The lowest BCUT2D eigenvalue weighted by molar-refractivity contribution is -0.128. The molecule has 0 saturated carbocycles. The van der Waals surface area contributed by atoms with Gasteiger partial charge in [0.2, 0.25) is 5.91 Å². The number of rotatable bonds is 7. The molecule has 3 aromatic carbocycles. The van der Waals surface area contributed by atoms with Crippen LogP contribution in [-0.4, -0.2) is 41.7 Å². The number of hydrogen-bond acceptors (Lipinski definition) is 5. The molecule has 1 aromatic heterocycles. The van der Waals surface area contributed by atoms with E-state index in [-0.39, 0.29) is 11.3 Å². The third-order valence-electron chi connectivity index (χ3n) is 5.94. The molecule has 1 N–H and O–H groups in total. The van der Waals surface area contributed by atoms with Crippen LogP contribution < -0.4 is 10.1 Å². The molecule has 1 saturated heterocycles. The van der Waals surface area contributed by atoms with E-state index in [9.17, 15) is 4.79 Å². The Morgan fingerprint density at radius 3 is 2.62 bits per heavy atom. The van der Waals surface area contributed by atoms with Crippen LogP contribution in [0.25, 0.3) is 21.8 Å². The lowest BCUT2D eigenvalue weighted by atomic mass is 10.1. The van der Waals surface area contributed by atoms with E-state index >= 15 is 0 Å². The maximum atomic E-state index is 12.6. The predicted octanol–water partition coefficient (Wildman–Crippen LogP) is 6.78. The number of aromatic nitrogens is 1. The summed E-state index contributed by atoms with van der Waals surface area (Å²) in [5.41, 5.74) is 3.80. The molecule has 5 nitrogen and oxygen atoms in total. The molecule has 34 heavy (non-hydrogen) atoms. The number of methoxy groups -OCH3 is 1.